The Balaban J connectivity index is 2.12. The predicted octanol–water partition coefficient (Wildman–Crippen LogP) is 3.61. The van der Waals surface area contributed by atoms with E-state index in [2.05, 4.69) is 23.1 Å². The first kappa shape index (κ1) is 19.4. The molecule has 2 aromatic rings. The van der Waals surface area contributed by atoms with Crippen LogP contribution in [0.1, 0.15) is 45.6 Å². The third-order valence-corrected chi connectivity index (χ3v) is 4.58. The number of ether oxygens (including phenoxy) is 1. The zero-order valence-corrected chi connectivity index (χ0v) is 16.5. The summed E-state index contributed by atoms with van der Waals surface area (Å²) in [5, 5.41) is 13.9. The summed E-state index contributed by atoms with van der Waals surface area (Å²) in [6.07, 6.45) is 3.87. The average molecular weight is 376 g/mol. The molecule has 1 aliphatic heterocycles. The first-order chi connectivity index (χ1) is 13.5. The van der Waals surface area contributed by atoms with E-state index in [4.69, 9.17) is 15.5 Å². The lowest BCUT2D eigenvalue weighted by Crippen LogP contribution is -2.24. The highest BCUT2D eigenvalue weighted by Gasteiger charge is 2.33. The molecular weight excluding hydrogens is 352 g/mol. The second kappa shape index (κ2) is 8.09. The van der Waals surface area contributed by atoms with Crippen LogP contribution in [0.15, 0.2) is 64.7 Å². The first-order valence-electron chi connectivity index (χ1n) is 9.26. The summed E-state index contributed by atoms with van der Waals surface area (Å²) in [5.41, 5.74) is 10.1. The van der Waals surface area contributed by atoms with E-state index < -0.39 is 0 Å². The Morgan fingerprint density at radius 2 is 2.07 bits per heavy atom. The molecule has 0 fully saturated rings. The van der Waals surface area contributed by atoms with Crippen molar-refractivity contribution in [2.45, 2.75) is 46.1 Å². The van der Waals surface area contributed by atoms with Crippen molar-refractivity contribution in [1.29, 1.82) is 5.26 Å². The largest absolute Gasteiger partial charge is 0.445 e. The van der Waals surface area contributed by atoms with E-state index in [0.29, 0.717) is 11.3 Å². The van der Waals surface area contributed by atoms with Gasteiger partial charge in [-0.15, -0.1) is 0 Å². The molecular formula is C21H24N6O. The molecule has 1 atom stereocenters. The smallest absolute Gasteiger partial charge is 0.205 e. The van der Waals surface area contributed by atoms with Crippen molar-refractivity contribution in [1.82, 2.24) is 14.8 Å². The number of aliphatic imine (C=N–C) groups is 1. The van der Waals surface area contributed by atoms with Crippen LogP contribution in [0.4, 0.5) is 0 Å². The third-order valence-electron chi connectivity index (χ3n) is 4.58. The SMILES string of the molecule is CCC(=NC(C)C)C1=C(C)OC(N)=C(C#N)C1c1ccc(-n2cncn2)cc1. The molecule has 3 rings (SSSR count). The summed E-state index contributed by atoms with van der Waals surface area (Å²) >= 11 is 0. The van der Waals surface area contributed by atoms with Gasteiger partial charge >= 0.3 is 0 Å². The maximum atomic E-state index is 9.79. The Bertz CT molecular complexity index is 975. The summed E-state index contributed by atoms with van der Waals surface area (Å²) in [4.78, 5) is 8.76. The number of nitriles is 1. The van der Waals surface area contributed by atoms with Gasteiger partial charge in [-0.25, -0.2) is 9.67 Å². The summed E-state index contributed by atoms with van der Waals surface area (Å²) in [6, 6.07) is 10.2. The predicted molar refractivity (Wildman–Crippen MR) is 108 cm³/mol. The molecule has 0 amide bonds. The van der Waals surface area contributed by atoms with Crippen molar-refractivity contribution < 1.29 is 4.74 Å². The number of rotatable bonds is 5. The molecule has 1 aliphatic rings. The van der Waals surface area contributed by atoms with Crippen LogP contribution in [0, 0.1) is 11.3 Å². The summed E-state index contributed by atoms with van der Waals surface area (Å²) in [7, 11) is 0. The van der Waals surface area contributed by atoms with Gasteiger partial charge in [-0.1, -0.05) is 19.1 Å². The summed E-state index contributed by atoms with van der Waals surface area (Å²) < 4.78 is 7.40. The molecule has 1 aromatic heterocycles. The molecule has 2 heterocycles. The summed E-state index contributed by atoms with van der Waals surface area (Å²) in [5.74, 6) is 0.512. The van der Waals surface area contributed by atoms with E-state index in [1.54, 1.807) is 11.0 Å². The second-order valence-corrected chi connectivity index (χ2v) is 6.85. The van der Waals surface area contributed by atoms with Gasteiger partial charge in [0.15, 0.2) is 0 Å². The maximum absolute atomic E-state index is 9.79. The highest BCUT2D eigenvalue weighted by atomic mass is 16.5. The first-order valence-corrected chi connectivity index (χ1v) is 9.26. The molecule has 0 aliphatic carbocycles. The fourth-order valence-electron chi connectivity index (χ4n) is 3.41. The number of hydrogen-bond donors (Lipinski definition) is 1. The molecule has 7 nitrogen and oxygen atoms in total. The van der Waals surface area contributed by atoms with E-state index in [0.717, 1.165) is 29.0 Å². The van der Waals surface area contributed by atoms with Gasteiger partial charge in [-0.3, -0.25) is 4.99 Å². The quantitative estimate of drug-likeness (QED) is 0.803. The molecule has 2 N–H and O–H groups in total. The highest BCUT2D eigenvalue weighted by molar-refractivity contribution is 6.02. The number of nitrogens with zero attached hydrogens (tertiary/aromatic N) is 5. The molecule has 7 heteroatoms. The third kappa shape index (κ3) is 3.67. The van der Waals surface area contributed by atoms with E-state index >= 15 is 0 Å². The maximum Gasteiger partial charge on any atom is 0.205 e. The fourth-order valence-corrected chi connectivity index (χ4v) is 3.41. The molecule has 1 aromatic carbocycles. The van der Waals surface area contributed by atoms with Crippen molar-refractivity contribution in [3.05, 3.63) is 65.3 Å². The zero-order chi connectivity index (χ0) is 20.3. The van der Waals surface area contributed by atoms with Gasteiger partial charge in [0.2, 0.25) is 5.88 Å². The van der Waals surface area contributed by atoms with Crippen molar-refractivity contribution >= 4 is 5.71 Å². The van der Waals surface area contributed by atoms with Crippen molar-refractivity contribution in [3.63, 3.8) is 0 Å². The van der Waals surface area contributed by atoms with Crippen molar-refractivity contribution in [2.75, 3.05) is 0 Å². The Morgan fingerprint density at radius 1 is 1.36 bits per heavy atom. The van der Waals surface area contributed by atoms with Gasteiger partial charge in [0, 0.05) is 17.3 Å². The Hall–Kier alpha value is -3.40. The Kier molecular flexibility index (Phi) is 5.59. The second-order valence-electron chi connectivity index (χ2n) is 6.85. The normalized spacial score (nSPS) is 17.7. The van der Waals surface area contributed by atoms with Gasteiger partial charge in [0.25, 0.3) is 0 Å². The molecule has 0 spiro atoms. The lowest BCUT2D eigenvalue weighted by Gasteiger charge is -2.29. The summed E-state index contributed by atoms with van der Waals surface area (Å²) in [6.45, 7) is 8.00. The van der Waals surface area contributed by atoms with Crippen LogP contribution in [-0.4, -0.2) is 26.5 Å². The number of nitrogens with two attached hydrogens (primary N) is 1. The topological polar surface area (TPSA) is 102 Å². The molecule has 0 bridgehead atoms. The lowest BCUT2D eigenvalue weighted by atomic mass is 9.80. The van der Waals surface area contributed by atoms with E-state index in [9.17, 15) is 5.26 Å². The van der Waals surface area contributed by atoms with E-state index in [1.807, 2.05) is 45.0 Å². The van der Waals surface area contributed by atoms with Crippen molar-refractivity contribution in [3.8, 4) is 11.8 Å². The Labute approximate surface area is 164 Å². The molecule has 144 valence electrons. The number of aromatic nitrogens is 3. The van der Waals surface area contributed by atoms with Gasteiger partial charge in [0.1, 0.15) is 30.1 Å². The van der Waals surface area contributed by atoms with Gasteiger partial charge < -0.3 is 10.5 Å². The molecule has 28 heavy (non-hydrogen) atoms. The number of benzene rings is 1. The highest BCUT2D eigenvalue weighted by Crippen LogP contribution is 2.40. The molecule has 1 unspecified atom stereocenters. The fraction of sp³-hybridized carbons (Fsp3) is 0.333. The van der Waals surface area contributed by atoms with Crippen LogP contribution in [0.25, 0.3) is 5.69 Å². The van der Waals surface area contributed by atoms with Crippen LogP contribution in [0.3, 0.4) is 0 Å². The van der Waals surface area contributed by atoms with Gasteiger partial charge in [-0.05, 0) is 44.9 Å². The average Bonchev–Trinajstić information content (AvgIpc) is 3.21. The van der Waals surface area contributed by atoms with Crippen molar-refractivity contribution in [2.24, 2.45) is 10.7 Å². The van der Waals surface area contributed by atoms with E-state index in [1.165, 1.54) is 6.33 Å². The van der Waals surface area contributed by atoms with Crippen LogP contribution in [0.2, 0.25) is 0 Å². The minimum Gasteiger partial charge on any atom is -0.445 e. The minimum absolute atomic E-state index is 0.138. The monoisotopic (exact) mass is 376 g/mol. The molecule has 0 radical (unpaired) electrons. The van der Waals surface area contributed by atoms with Crippen LogP contribution < -0.4 is 5.73 Å². The Morgan fingerprint density at radius 3 is 2.61 bits per heavy atom. The molecule has 0 saturated heterocycles. The van der Waals surface area contributed by atoms with Gasteiger partial charge in [-0.2, -0.15) is 10.4 Å². The lowest BCUT2D eigenvalue weighted by molar-refractivity contribution is 0.283. The van der Waals surface area contributed by atoms with Crippen LogP contribution >= 0.6 is 0 Å². The van der Waals surface area contributed by atoms with Crippen LogP contribution in [-0.2, 0) is 4.74 Å². The zero-order valence-electron chi connectivity index (χ0n) is 16.5. The van der Waals surface area contributed by atoms with Crippen LogP contribution in [0.5, 0.6) is 0 Å². The van der Waals surface area contributed by atoms with Gasteiger partial charge in [0.05, 0.1) is 11.6 Å². The molecule has 0 saturated carbocycles. The standard InChI is InChI=1S/C21H24N6O/c1-5-18(26-13(2)3)19-14(4)28-21(23)17(10-22)20(19)15-6-8-16(9-7-15)27-12-24-11-25-27/h6-9,11-13,20H,5,23H2,1-4H3. The number of hydrogen-bond acceptors (Lipinski definition) is 6. The minimum atomic E-state index is -0.319. The van der Waals surface area contributed by atoms with E-state index in [-0.39, 0.29) is 17.8 Å². The number of allylic oxidation sites excluding steroid dienone is 3.